The molecule has 0 aliphatic heterocycles. The van der Waals surface area contributed by atoms with E-state index in [1.54, 1.807) is 0 Å². The molecule has 0 saturated heterocycles. The molecule has 1 aromatic carbocycles. The van der Waals surface area contributed by atoms with E-state index in [9.17, 15) is 0 Å². The van der Waals surface area contributed by atoms with Gasteiger partial charge in [-0.15, -0.1) is 0 Å². The molecule has 5 heteroatoms. The van der Waals surface area contributed by atoms with Crippen molar-refractivity contribution in [1.82, 2.24) is 9.78 Å². The fourth-order valence-corrected chi connectivity index (χ4v) is 2.14. The van der Waals surface area contributed by atoms with Crippen molar-refractivity contribution in [3.63, 3.8) is 0 Å². The van der Waals surface area contributed by atoms with Crippen molar-refractivity contribution in [2.75, 3.05) is 18.5 Å². The maximum Gasteiger partial charge on any atom is 0.163 e. The molecule has 0 fully saturated rings. The Balaban J connectivity index is 1.82. The first kappa shape index (κ1) is 13.9. The Hall–Kier alpha value is -1.49. The van der Waals surface area contributed by atoms with E-state index in [1.165, 1.54) is 0 Å². The third-order valence-corrected chi connectivity index (χ3v) is 3.49. The van der Waals surface area contributed by atoms with Gasteiger partial charge in [0.1, 0.15) is 12.3 Å². The Morgan fingerprint density at radius 3 is 2.53 bits per heavy atom. The van der Waals surface area contributed by atoms with Crippen LogP contribution in [0.1, 0.15) is 11.4 Å². The van der Waals surface area contributed by atoms with Crippen molar-refractivity contribution in [3.8, 4) is 5.75 Å². The molecule has 0 unspecified atom stereocenters. The first-order valence-electron chi connectivity index (χ1n) is 6.20. The van der Waals surface area contributed by atoms with Crippen LogP contribution in [0.3, 0.4) is 0 Å². The maximum atomic E-state index is 5.78. The van der Waals surface area contributed by atoms with Crippen molar-refractivity contribution >= 4 is 21.6 Å². The van der Waals surface area contributed by atoms with E-state index in [4.69, 9.17) is 4.74 Å². The van der Waals surface area contributed by atoms with Crippen molar-refractivity contribution in [2.45, 2.75) is 13.8 Å². The Bertz CT molecular complexity index is 549. The van der Waals surface area contributed by atoms with Crippen molar-refractivity contribution in [2.24, 2.45) is 7.05 Å². The van der Waals surface area contributed by atoms with Gasteiger partial charge in [0.25, 0.3) is 0 Å². The number of nitrogens with zero attached hydrogens (tertiary/aromatic N) is 2. The van der Waals surface area contributed by atoms with Crippen LogP contribution in [0.5, 0.6) is 5.75 Å². The van der Waals surface area contributed by atoms with Gasteiger partial charge in [-0.3, -0.25) is 4.68 Å². The summed E-state index contributed by atoms with van der Waals surface area (Å²) in [7, 11) is 1.93. The van der Waals surface area contributed by atoms with Crippen LogP contribution in [0.15, 0.2) is 28.7 Å². The van der Waals surface area contributed by atoms with Gasteiger partial charge in [-0.05, 0) is 38.1 Å². The summed E-state index contributed by atoms with van der Waals surface area (Å²) in [4.78, 5) is 0. The molecule has 0 bridgehead atoms. The number of rotatable bonds is 5. The number of ether oxygens (including phenoxy) is 1. The van der Waals surface area contributed by atoms with Gasteiger partial charge >= 0.3 is 0 Å². The Labute approximate surface area is 121 Å². The van der Waals surface area contributed by atoms with Gasteiger partial charge in [0.05, 0.1) is 5.69 Å². The highest BCUT2D eigenvalue weighted by Crippen LogP contribution is 2.21. The number of hydrogen-bond donors (Lipinski definition) is 1. The molecule has 4 nitrogen and oxygen atoms in total. The molecule has 1 aromatic heterocycles. The van der Waals surface area contributed by atoms with Crippen LogP contribution in [-0.2, 0) is 7.05 Å². The number of nitrogens with one attached hydrogen (secondary N) is 1. The SMILES string of the molecule is Cc1nn(C)c(C)c1OCCNc1ccc(Br)cc1. The molecule has 0 spiro atoms. The van der Waals surface area contributed by atoms with Crippen LogP contribution < -0.4 is 10.1 Å². The second-order valence-corrected chi connectivity index (χ2v) is 5.32. The van der Waals surface area contributed by atoms with Gasteiger partial charge in [0, 0.05) is 23.8 Å². The van der Waals surface area contributed by atoms with Crippen LogP contribution in [0.25, 0.3) is 0 Å². The Kier molecular flexibility index (Phi) is 4.47. The summed E-state index contributed by atoms with van der Waals surface area (Å²) in [5.74, 6) is 0.889. The summed E-state index contributed by atoms with van der Waals surface area (Å²) in [5.41, 5.74) is 3.08. The molecule has 0 amide bonds. The Morgan fingerprint density at radius 1 is 1.26 bits per heavy atom. The molecule has 102 valence electrons. The van der Waals surface area contributed by atoms with Gasteiger partial charge in [-0.1, -0.05) is 15.9 Å². The quantitative estimate of drug-likeness (QED) is 0.858. The zero-order valence-corrected chi connectivity index (χ0v) is 13.0. The molecule has 1 N–H and O–H groups in total. The van der Waals surface area contributed by atoms with E-state index < -0.39 is 0 Å². The van der Waals surface area contributed by atoms with Crippen LogP contribution in [0.2, 0.25) is 0 Å². The smallest absolute Gasteiger partial charge is 0.163 e. The highest BCUT2D eigenvalue weighted by atomic mass is 79.9. The third kappa shape index (κ3) is 3.50. The lowest BCUT2D eigenvalue weighted by atomic mass is 10.3. The first-order chi connectivity index (χ1) is 9.08. The normalized spacial score (nSPS) is 10.5. The Morgan fingerprint density at radius 2 is 1.95 bits per heavy atom. The van der Waals surface area contributed by atoms with E-state index in [1.807, 2.05) is 49.8 Å². The molecule has 0 aliphatic rings. The molecule has 0 saturated carbocycles. The number of halogens is 1. The average molecular weight is 324 g/mol. The van der Waals surface area contributed by atoms with Crippen LogP contribution >= 0.6 is 15.9 Å². The van der Waals surface area contributed by atoms with Gasteiger partial charge in [-0.25, -0.2) is 0 Å². The number of hydrogen-bond acceptors (Lipinski definition) is 3. The van der Waals surface area contributed by atoms with Gasteiger partial charge in [-0.2, -0.15) is 5.10 Å². The van der Waals surface area contributed by atoms with E-state index in [0.717, 1.165) is 33.8 Å². The highest BCUT2D eigenvalue weighted by molar-refractivity contribution is 9.10. The minimum atomic E-state index is 0.615. The highest BCUT2D eigenvalue weighted by Gasteiger charge is 2.09. The topological polar surface area (TPSA) is 39.1 Å². The van der Waals surface area contributed by atoms with Crippen LogP contribution in [0, 0.1) is 13.8 Å². The van der Waals surface area contributed by atoms with Gasteiger partial charge in [0.2, 0.25) is 0 Å². The first-order valence-corrected chi connectivity index (χ1v) is 6.99. The van der Waals surface area contributed by atoms with Crippen LogP contribution in [-0.4, -0.2) is 22.9 Å². The molecule has 19 heavy (non-hydrogen) atoms. The molecule has 2 rings (SSSR count). The fourth-order valence-electron chi connectivity index (χ4n) is 1.88. The minimum absolute atomic E-state index is 0.615. The van der Waals surface area contributed by atoms with Crippen molar-refractivity contribution in [1.29, 1.82) is 0 Å². The third-order valence-electron chi connectivity index (χ3n) is 2.96. The summed E-state index contributed by atoms with van der Waals surface area (Å²) >= 11 is 3.41. The summed E-state index contributed by atoms with van der Waals surface area (Å²) in [5, 5.41) is 7.64. The van der Waals surface area contributed by atoms with E-state index in [-0.39, 0.29) is 0 Å². The maximum absolute atomic E-state index is 5.78. The average Bonchev–Trinajstić information content (AvgIpc) is 2.62. The summed E-state index contributed by atoms with van der Waals surface area (Å²) in [6.45, 7) is 5.35. The monoisotopic (exact) mass is 323 g/mol. The van der Waals surface area contributed by atoms with Gasteiger partial charge in [0.15, 0.2) is 5.75 Å². The fraction of sp³-hybridized carbons (Fsp3) is 0.357. The van der Waals surface area contributed by atoms with Crippen molar-refractivity contribution in [3.05, 3.63) is 40.1 Å². The zero-order chi connectivity index (χ0) is 13.8. The van der Waals surface area contributed by atoms with Crippen LogP contribution in [0.4, 0.5) is 5.69 Å². The lowest BCUT2D eigenvalue weighted by molar-refractivity contribution is 0.328. The van der Waals surface area contributed by atoms with E-state index in [0.29, 0.717) is 6.61 Å². The van der Waals surface area contributed by atoms with Crippen molar-refractivity contribution < 1.29 is 4.74 Å². The zero-order valence-electron chi connectivity index (χ0n) is 11.4. The summed E-state index contributed by atoms with van der Waals surface area (Å²) in [6.07, 6.45) is 0. The summed E-state index contributed by atoms with van der Waals surface area (Å²) < 4.78 is 8.70. The van der Waals surface area contributed by atoms with E-state index >= 15 is 0 Å². The number of anilines is 1. The molecule has 0 atom stereocenters. The van der Waals surface area contributed by atoms with E-state index in [2.05, 4.69) is 26.3 Å². The number of aryl methyl sites for hydroxylation is 2. The predicted molar refractivity (Wildman–Crippen MR) is 80.8 cm³/mol. The molecular weight excluding hydrogens is 306 g/mol. The van der Waals surface area contributed by atoms with Gasteiger partial charge < -0.3 is 10.1 Å². The molecule has 2 aromatic rings. The molecule has 1 heterocycles. The second-order valence-electron chi connectivity index (χ2n) is 4.41. The second kappa shape index (κ2) is 6.10. The summed E-state index contributed by atoms with van der Waals surface area (Å²) in [6, 6.07) is 8.09. The number of aromatic nitrogens is 2. The molecular formula is C14H18BrN3O. The number of benzene rings is 1. The molecule has 0 radical (unpaired) electrons. The standard InChI is InChI=1S/C14H18BrN3O/c1-10-14(11(2)18(3)17-10)19-9-8-16-13-6-4-12(15)5-7-13/h4-7,16H,8-9H2,1-3H3. The largest absolute Gasteiger partial charge is 0.488 e. The minimum Gasteiger partial charge on any atom is -0.488 e. The lowest BCUT2D eigenvalue weighted by Crippen LogP contribution is -2.12. The lowest BCUT2D eigenvalue weighted by Gasteiger charge is -2.09. The molecule has 0 aliphatic carbocycles. The predicted octanol–water partition coefficient (Wildman–Crippen LogP) is 3.29.